The van der Waals surface area contributed by atoms with E-state index in [2.05, 4.69) is 30.3 Å². The summed E-state index contributed by atoms with van der Waals surface area (Å²) in [5, 5.41) is 0. The van der Waals surface area contributed by atoms with Gasteiger partial charge in [0.25, 0.3) is 0 Å². The van der Waals surface area contributed by atoms with Crippen LogP contribution < -0.4 is 0 Å². The predicted octanol–water partition coefficient (Wildman–Crippen LogP) is 2.55. The molecule has 0 amide bonds. The summed E-state index contributed by atoms with van der Waals surface area (Å²) in [6.45, 7) is 7.51. The SMILES string of the molecule is CCCCc1cnc(C)n1CC. The molecule has 1 heterocycles. The molecule has 68 valence electrons. The van der Waals surface area contributed by atoms with Crippen LogP contribution in [0.1, 0.15) is 38.2 Å². The van der Waals surface area contributed by atoms with Gasteiger partial charge in [0.2, 0.25) is 0 Å². The lowest BCUT2D eigenvalue weighted by molar-refractivity contribution is 0.661. The minimum atomic E-state index is 1.05. The molecule has 1 rings (SSSR count). The summed E-state index contributed by atoms with van der Waals surface area (Å²) in [6, 6.07) is 0. The van der Waals surface area contributed by atoms with Crippen LogP contribution in [0.15, 0.2) is 6.20 Å². The molecule has 0 saturated heterocycles. The third-order valence-corrected chi connectivity index (χ3v) is 2.24. The summed E-state index contributed by atoms with van der Waals surface area (Å²) in [7, 11) is 0. The molecule has 0 aliphatic rings. The van der Waals surface area contributed by atoms with Crippen molar-refractivity contribution >= 4 is 0 Å². The number of rotatable bonds is 4. The zero-order valence-electron chi connectivity index (χ0n) is 8.30. The molecule has 0 spiro atoms. The summed E-state index contributed by atoms with van der Waals surface area (Å²) in [5.74, 6) is 1.14. The molecule has 0 unspecified atom stereocenters. The first-order chi connectivity index (χ1) is 5.79. The van der Waals surface area contributed by atoms with Crippen molar-refractivity contribution in [2.45, 2.75) is 46.6 Å². The second kappa shape index (κ2) is 4.29. The second-order valence-corrected chi connectivity index (χ2v) is 3.14. The van der Waals surface area contributed by atoms with Gasteiger partial charge in [0.05, 0.1) is 0 Å². The van der Waals surface area contributed by atoms with E-state index in [1.807, 2.05) is 6.20 Å². The summed E-state index contributed by atoms with van der Waals surface area (Å²) >= 11 is 0. The zero-order valence-corrected chi connectivity index (χ0v) is 8.30. The predicted molar refractivity (Wildman–Crippen MR) is 51.3 cm³/mol. The first kappa shape index (κ1) is 9.30. The number of hydrogen-bond acceptors (Lipinski definition) is 1. The molecular weight excluding hydrogens is 148 g/mol. The monoisotopic (exact) mass is 166 g/mol. The van der Waals surface area contributed by atoms with Crippen molar-refractivity contribution in [2.24, 2.45) is 0 Å². The molecule has 0 aliphatic heterocycles. The highest BCUT2D eigenvalue weighted by molar-refractivity contribution is 5.04. The summed E-state index contributed by atoms with van der Waals surface area (Å²) in [4.78, 5) is 4.30. The van der Waals surface area contributed by atoms with Crippen molar-refractivity contribution in [3.05, 3.63) is 17.7 Å². The molecule has 0 N–H and O–H groups in total. The molecule has 0 aromatic carbocycles. The van der Waals surface area contributed by atoms with Crippen LogP contribution in [0.5, 0.6) is 0 Å². The van der Waals surface area contributed by atoms with Gasteiger partial charge >= 0.3 is 0 Å². The van der Waals surface area contributed by atoms with E-state index in [0.717, 1.165) is 12.4 Å². The molecule has 2 heteroatoms. The molecule has 0 bridgehead atoms. The van der Waals surface area contributed by atoms with Gasteiger partial charge in [-0.3, -0.25) is 0 Å². The smallest absolute Gasteiger partial charge is 0.105 e. The Bertz CT molecular complexity index is 238. The van der Waals surface area contributed by atoms with E-state index in [0.29, 0.717) is 0 Å². The van der Waals surface area contributed by atoms with Gasteiger partial charge in [-0.15, -0.1) is 0 Å². The topological polar surface area (TPSA) is 17.8 Å². The number of aromatic nitrogens is 2. The third kappa shape index (κ3) is 1.87. The maximum absolute atomic E-state index is 4.30. The lowest BCUT2D eigenvalue weighted by Crippen LogP contribution is -2.02. The minimum absolute atomic E-state index is 1.05. The van der Waals surface area contributed by atoms with Gasteiger partial charge < -0.3 is 4.57 Å². The van der Waals surface area contributed by atoms with E-state index >= 15 is 0 Å². The van der Waals surface area contributed by atoms with Crippen LogP contribution >= 0.6 is 0 Å². The Morgan fingerprint density at radius 2 is 2.17 bits per heavy atom. The fourth-order valence-corrected chi connectivity index (χ4v) is 1.50. The molecule has 0 saturated carbocycles. The van der Waals surface area contributed by atoms with Gasteiger partial charge in [0.1, 0.15) is 5.82 Å². The number of aryl methyl sites for hydroxylation is 2. The van der Waals surface area contributed by atoms with Crippen molar-refractivity contribution < 1.29 is 0 Å². The Morgan fingerprint density at radius 1 is 1.42 bits per heavy atom. The van der Waals surface area contributed by atoms with Gasteiger partial charge in [-0.25, -0.2) is 4.98 Å². The average Bonchev–Trinajstić information content (AvgIpc) is 2.43. The minimum Gasteiger partial charge on any atom is -0.333 e. The standard InChI is InChI=1S/C10H18N2/c1-4-6-7-10-8-11-9(3)12(10)5-2/h8H,4-7H2,1-3H3. The van der Waals surface area contributed by atoms with Gasteiger partial charge in [-0.2, -0.15) is 0 Å². The molecule has 0 aliphatic carbocycles. The van der Waals surface area contributed by atoms with Crippen LogP contribution in [0.2, 0.25) is 0 Å². The Hall–Kier alpha value is -0.790. The van der Waals surface area contributed by atoms with Gasteiger partial charge in [0.15, 0.2) is 0 Å². The Kier molecular flexibility index (Phi) is 3.32. The molecule has 2 nitrogen and oxygen atoms in total. The van der Waals surface area contributed by atoms with E-state index < -0.39 is 0 Å². The van der Waals surface area contributed by atoms with Crippen molar-refractivity contribution in [1.29, 1.82) is 0 Å². The quantitative estimate of drug-likeness (QED) is 0.672. The van der Waals surface area contributed by atoms with Crippen molar-refractivity contribution in [2.75, 3.05) is 0 Å². The third-order valence-electron chi connectivity index (χ3n) is 2.24. The van der Waals surface area contributed by atoms with E-state index in [1.165, 1.54) is 25.0 Å². The van der Waals surface area contributed by atoms with Gasteiger partial charge in [-0.05, 0) is 26.7 Å². The fraction of sp³-hybridized carbons (Fsp3) is 0.700. The number of unbranched alkanes of at least 4 members (excludes halogenated alkanes) is 1. The van der Waals surface area contributed by atoms with Crippen molar-refractivity contribution in [3.63, 3.8) is 0 Å². The Balaban J connectivity index is 2.70. The van der Waals surface area contributed by atoms with Crippen LogP contribution in [-0.4, -0.2) is 9.55 Å². The summed E-state index contributed by atoms with van der Waals surface area (Å²) in [5.41, 5.74) is 1.39. The maximum atomic E-state index is 4.30. The first-order valence-corrected chi connectivity index (χ1v) is 4.80. The van der Waals surface area contributed by atoms with Crippen LogP contribution in [0, 0.1) is 6.92 Å². The van der Waals surface area contributed by atoms with E-state index in [1.54, 1.807) is 0 Å². The van der Waals surface area contributed by atoms with Crippen molar-refractivity contribution in [1.82, 2.24) is 9.55 Å². The Morgan fingerprint density at radius 3 is 2.75 bits per heavy atom. The van der Waals surface area contributed by atoms with Crippen LogP contribution in [0.4, 0.5) is 0 Å². The molecule has 1 aromatic rings. The second-order valence-electron chi connectivity index (χ2n) is 3.14. The highest BCUT2D eigenvalue weighted by Gasteiger charge is 2.02. The fourth-order valence-electron chi connectivity index (χ4n) is 1.50. The average molecular weight is 166 g/mol. The number of imidazole rings is 1. The molecule has 0 radical (unpaired) electrons. The zero-order chi connectivity index (χ0) is 8.97. The largest absolute Gasteiger partial charge is 0.333 e. The summed E-state index contributed by atoms with van der Waals surface area (Å²) in [6.07, 6.45) is 5.71. The van der Waals surface area contributed by atoms with Crippen LogP contribution in [0.3, 0.4) is 0 Å². The highest BCUT2D eigenvalue weighted by atomic mass is 15.1. The first-order valence-electron chi connectivity index (χ1n) is 4.80. The number of hydrogen-bond donors (Lipinski definition) is 0. The normalized spacial score (nSPS) is 10.6. The lowest BCUT2D eigenvalue weighted by Gasteiger charge is -2.05. The summed E-state index contributed by atoms with van der Waals surface area (Å²) < 4.78 is 2.29. The van der Waals surface area contributed by atoms with Gasteiger partial charge in [0, 0.05) is 18.4 Å². The number of nitrogens with zero attached hydrogens (tertiary/aromatic N) is 2. The maximum Gasteiger partial charge on any atom is 0.105 e. The lowest BCUT2D eigenvalue weighted by atomic mass is 10.2. The molecule has 0 fully saturated rings. The Labute approximate surface area is 74.6 Å². The molecule has 1 aromatic heterocycles. The molecule has 0 atom stereocenters. The van der Waals surface area contributed by atoms with E-state index in [9.17, 15) is 0 Å². The van der Waals surface area contributed by atoms with Crippen LogP contribution in [0.25, 0.3) is 0 Å². The van der Waals surface area contributed by atoms with Crippen LogP contribution in [-0.2, 0) is 13.0 Å². The molecular formula is C10H18N2. The highest BCUT2D eigenvalue weighted by Crippen LogP contribution is 2.07. The van der Waals surface area contributed by atoms with Gasteiger partial charge in [-0.1, -0.05) is 13.3 Å². The van der Waals surface area contributed by atoms with E-state index in [-0.39, 0.29) is 0 Å². The molecule has 12 heavy (non-hydrogen) atoms. The van der Waals surface area contributed by atoms with E-state index in [4.69, 9.17) is 0 Å². The van der Waals surface area contributed by atoms with Crippen molar-refractivity contribution in [3.8, 4) is 0 Å².